The zero-order chi connectivity index (χ0) is 17.1. The summed E-state index contributed by atoms with van der Waals surface area (Å²) in [6.07, 6.45) is 0. The van der Waals surface area contributed by atoms with Gasteiger partial charge in [0, 0.05) is 16.8 Å². The number of furan rings is 1. The number of rotatable bonds is 5. The number of hydrogen-bond donors (Lipinski definition) is 1. The lowest BCUT2D eigenvalue weighted by atomic mass is 10.2. The van der Waals surface area contributed by atoms with Crippen molar-refractivity contribution in [2.45, 2.75) is 27.7 Å². The van der Waals surface area contributed by atoms with Gasteiger partial charge >= 0.3 is 0 Å². The number of aromatic nitrogens is 2. The van der Waals surface area contributed by atoms with Gasteiger partial charge in [0.2, 0.25) is 5.95 Å². The summed E-state index contributed by atoms with van der Waals surface area (Å²) in [5.41, 5.74) is 6.10. The van der Waals surface area contributed by atoms with E-state index < -0.39 is 0 Å². The van der Waals surface area contributed by atoms with Crippen LogP contribution in [0.25, 0.3) is 11.0 Å². The number of aryl methyl sites for hydroxylation is 2. The summed E-state index contributed by atoms with van der Waals surface area (Å²) in [6, 6.07) is 9.68. The van der Waals surface area contributed by atoms with Crippen LogP contribution in [0.5, 0.6) is 5.75 Å². The van der Waals surface area contributed by atoms with E-state index in [1.165, 1.54) is 0 Å². The van der Waals surface area contributed by atoms with Crippen molar-refractivity contribution in [2.24, 2.45) is 5.10 Å². The molecule has 124 valence electrons. The highest BCUT2D eigenvalue weighted by Crippen LogP contribution is 2.29. The fourth-order valence-corrected chi connectivity index (χ4v) is 2.45. The van der Waals surface area contributed by atoms with Crippen LogP contribution in [-0.4, -0.2) is 22.3 Å². The van der Waals surface area contributed by atoms with Gasteiger partial charge in [0.15, 0.2) is 17.1 Å². The second-order valence-electron chi connectivity index (χ2n) is 5.50. The third-order valence-corrected chi connectivity index (χ3v) is 3.47. The van der Waals surface area contributed by atoms with Gasteiger partial charge in [0.25, 0.3) is 0 Å². The van der Waals surface area contributed by atoms with E-state index >= 15 is 0 Å². The Balaban J connectivity index is 1.87. The van der Waals surface area contributed by atoms with E-state index in [0.717, 1.165) is 28.1 Å². The summed E-state index contributed by atoms with van der Waals surface area (Å²) < 4.78 is 11.5. The maximum atomic E-state index is 5.91. The highest BCUT2D eigenvalue weighted by molar-refractivity contribution is 6.00. The number of nitrogens with zero attached hydrogens (tertiary/aromatic N) is 3. The lowest BCUT2D eigenvalue weighted by Gasteiger charge is -2.03. The smallest absolute Gasteiger partial charge is 0.243 e. The van der Waals surface area contributed by atoms with Gasteiger partial charge in [-0.3, -0.25) is 0 Å². The van der Waals surface area contributed by atoms with Gasteiger partial charge in [-0.05, 0) is 45.9 Å². The first kappa shape index (κ1) is 16.0. The summed E-state index contributed by atoms with van der Waals surface area (Å²) in [6.45, 7) is 8.25. The molecule has 1 N–H and O–H groups in total. The maximum absolute atomic E-state index is 5.91. The van der Waals surface area contributed by atoms with Crippen LogP contribution in [0.2, 0.25) is 0 Å². The fraction of sp³-hybridized carbons (Fsp3) is 0.278. The quantitative estimate of drug-likeness (QED) is 0.565. The number of hydrazone groups is 1. The zero-order valence-corrected chi connectivity index (χ0v) is 14.3. The molecule has 0 amide bonds. The van der Waals surface area contributed by atoms with Crippen molar-refractivity contribution in [2.75, 3.05) is 12.0 Å². The average molecular weight is 324 g/mol. The van der Waals surface area contributed by atoms with Crippen molar-refractivity contribution in [3.63, 3.8) is 0 Å². The minimum absolute atomic E-state index is 0.470. The van der Waals surface area contributed by atoms with Gasteiger partial charge in [-0.2, -0.15) is 5.10 Å². The van der Waals surface area contributed by atoms with E-state index in [9.17, 15) is 0 Å². The van der Waals surface area contributed by atoms with Crippen molar-refractivity contribution in [3.05, 3.63) is 47.5 Å². The summed E-state index contributed by atoms with van der Waals surface area (Å²) in [5, 5.41) is 5.30. The van der Waals surface area contributed by atoms with E-state index in [1.54, 1.807) is 0 Å². The van der Waals surface area contributed by atoms with E-state index in [1.807, 2.05) is 58.0 Å². The van der Waals surface area contributed by atoms with Crippen LogP contribution < -0.4 is 10.2 Å². The highest BCUT2D eigenvalue weighted by Gasteiger charge is 2.11. The molecule has 2 aromatic heterocycles. The largest absolute Gasteiger partial charge is 0.490 e. The summed E-state index contributed by atoms with van der Waals surface area (Å²) in [5.74, 6) is 1.88. The molecule has 0 radical (unpaired) electrons. The summed E-state index contributed by atoms with van der Waals surface area (Å²) in [7, 11) is 0. The monoisotopic (exact) mass is 324 g/mol. The summed E-state index contributed by atoms with van der Waals surface area (Å²) >= 11 is 0. The molecule has 6 heteroatoms. The molecule has 0 spiro atoms. The Morgan fingerprint density at radius 3 is 2.67 bits per heavy atom. The zero-order valence-electron chi connectivity index (χ0n) is 14.3. The second-order valence-corrected chi connectivity index (χ2v) is 5.50. The predicted molar refractivity (Wildman–Crippen MR) is 94.7 cm³/mol. The Morgan fingerprint density at radius 2 is 1.96 bits per heavy atom. The van der Waals surface area contributed by atoms with Crippen molar-refractivity contribution in [1.82, 2.24) is 9.97 Å². The third kappa shape index (κ3) is 3.37. The van der Waals surface area contributed by atoms with Crippen molar-refractivity contribution < 1.29 is 9.15 Å². The number of benzene rings is 1. The fourth-order valence-electron chi connectivity index (χ4n) is 2.45. The number of anilines is 1. The Bertz CT molecular complexity index is 879. The number of para-hydroxylation sites is 1. The van der Waals surface area contributed by atoms with E-state index in [4.69, 9.17) is 9.15 Å². The molecule has 0 fully saturated rings. The van der Waals surface area contributed by atoms with Crippen LogP contribution in [0.1, 0.15) is 31.0 Å². The topological polar surface area (TPSA) is 72.5 Å². The lowest BCUT2D eigenvalue weighted by molar-refractivity contribution is 0.338. The molecule has 0 atom stereocenters. The van der Waals surface area contributed by atoms with E-state index in [-0.39, 0.29) is 0 Å². The standard InChI is InChI=1S/C18H20N4O2/c1-5-23-15-8-6-7-14-10-16(24-17(14)15)13(4)21-22-18-19-11(2)9-12(3)20-18/h6-10H,5H2,1-4H3,(H,19,20,22)/b21-13-. The lowest BCUT2D eigenvalue weighted by Crippen LogP contribution is -2.03. The molecule has 0 bridgehead atoms. The molecule has 3 aromatic rings. The maximum Gasteiger partial charge on any atom is 0.243 e. The van der Waals surface area contributed by atoms with Crippen LogP contribution in [0, 0.1) is 13.8 Å². The van der Waals surface area contributed by atoms with Crippen LogP contribution in [0.15, 0.2) is 39.9 Å². The van der Waals surface area contributed by atoms with Crippen molar-refractivity contribution >= 4 is 22.6 Å². The molecule has 0 aliphatic carbocycles. The predicted octanol–water partition coefficient (Wildman–Crippen LogP) is 4.07. The van der Waals surface area contributed by atoms with Gasteiger partial charge < -0.3 is 9.15 Å². The van der Waals surface area contributed by atoms with Crippen molar-refractivity contribution in [3.8, 4) is 5.75 Å². The number of hydrogen-bond acceptors (Lipinski definition) is 6. The van der Waals surface area contributed by atoms with Crippen LogP contribution in [0.4, 0.5) is 5.95 Å². The minimum atomic E-state index is 0.470. The molecule has 0 saturated carbocycles. The first-order valence-corrected chi connectivity index (χ1v) is 7.85. The van der Waals surface area contributed by atoms with Crippen molar-refractivity contribution in [1.29, 1.82) is 0 Å². The van der Waals surface area contributed by atoms with Crippen LogP contribution in [-0.2, 0) is 0 Å². The van der Waals surface area contributed by atoms with E-state index in [0.29, 0.717) is 24.0 Å². The number of nitrogens with one attached hydrogen (secondary N) is 1. The van der Waals surface area contributed by atoms with Gasteiger partial charge in [0.1, 0.15) is 5.71 Å². The molecule has 1 aromatic carbocycles. The first-order valence-electron chi connectivity index (χ1n) is 7.85. The first-order chi connectivity index (χ1) is 11.6. The van der Waals surface area contributed by atoms with Crippen LogP contribution >= 0.6 is 0 Å². The molecule has 6 nitrogen and oxygen atoms in total. The number of ether oxygens (including phenoxy) is 1. The molecule has 2 heterocycles. The van der Waals surface area contributed by atoms with Gasteiger partial charge in [-0.1, -0.05) is 12.1 Å². The van der Waals surface area contributed by atoms with Crippen LogP contribution in [0.3, 0.4) is 0 Å². The Kier molecular flexibility index (Phi) is 4.46. The minimum Gasteiger partial charge on any atom is -0.490 e. The number of fused-ring (bicyclic) bond motifs is 1. The van der Waals surface area contributed by atoms with E-state index in [2.05, 4.69) is 20.5 Å². The molecule has 24 heavy (non-hydrogen) atoms. The molecular weight excluding hydrogens is 304 g/mol. The molecule has 0 unspecified atom stereocenters. The highest BCUT2D eigenvalue weighted by atomic mass is 16.5. The molecule has 3 rings (SSSR count). The molecule has 0 aliphatic heterocycles. The Morgan fingerprint density at radius 1 is 1.21 bits per heavy atom. The SMILES string of the molecule is CCOc1cccc2cc(/C(C)=N\Nc3nc(C)cc(C)n3)oc12. The Hall–Kier alpha value is -2.89. The average Bonchev–Trinajstić information content (AvgIpc) is 2.97. The molecular formula is C18H20N4O2. The summed E-state index contributed by atoms with van der Waals surface area (Å²) in [4.78, 5) is 8.60. The third-order valence-electron chi connectivity index (χ3n) is 3.47. The van der Waals surface area contributed by atoms with Gasteiger partial charge in [-0.15, -0.1) is 0 Å². The Labute approximate surface area is 140 Å². The van der Waals surface area contributed by atoms with Gasteiger partial charge in [0.05, 0.1) is 6.61 Å². The molecule has 0 saturated heterocycles. The normalized spacial score (nSPS) is 11.8. The van der Waals surface area contributed by atoms with Gasteiger partial charge in [-0.25, -0.2) is 15.4 Å². The molecule has 0 aliphatic rings. The second kappa shape index (κ2) is 6.70.